The number of carbonyl (C=O) groups is 3. The van der Waals surface area contributed by atoms with Crippen molar-refractivity contribution >= 4 is 23.7 Å². The van der Waals surface area contributed by atoms with Crippen LogP contribution < -0.4 is 10.6 Å². The van der Waals surface area contributed by atoms with E-state index in [9.17, 15) is 29.6 Å². The molecule has 0 saturated heterocycles. The van der Waals surface area contributed by atoms with Crippen LogP contribution in [0, 0.1) is 10.1 Å². The minimum atomic E-state index is -1.35. The number of benzene rings is 3. The molecule has 3 N–H and O–H groups in total. The van der Waals surface area contributed by atoms with Gasteiger partial charge in [-0.1, -0.05) is 60.7 Å². The van der Waals surface area contributed by atoms with Crippen molar-refractivity contribution in [1.82, 2.24) is 10.6 Å². The molecule has 0 aromatic heterocycles. The first kappa shape index (κ1) is 31.2. The van der Waals surface area contributed by atoms with Gasteiger partial charge in [-0.15, -0.1) is 0 Å². The smallest absolute Gasteiger partial charge is 0.407 e. The quantitative estimate of drug-likeness (QED) is 0.170. The molecule has 3 aromatic carbocycles. The Labute approximate surface area is 249 Å². The van der Waals surface area contributed by atoms with Crippen molar-refractivity contribution in [3.8, 4) is 11.1 Å². The van der Waals surface area contributed by atoms with Crippen molar-refractivity contribution in [3.63, 3.8) is 0 Å². The summed E-state index contributed by atoms with van der Waals surface area (Å²) in [6.07, 6.45) is -1.20. The van der Waals surface area contributed by atoms with Gasteiger partial charge in [0.15, 0.2) is 0 Å². The monoisotopic (exact) mass is 589 g/mol. The SMILES string of the molecule is CC(C)(C)OC(=O)C[C@H](NC(=O)OCC1c2ccccc2-c2ccccc21)C(=O)N[C@@H](CO)Cc1ccc([N+](=O)[O-])cc1. The van der Waals surface area contributed by atoms with Crippen LogP contribution >= 0.6 is 0 Å². The largest absolute Gasteiger partial charge is 0.460 e. The summed E-state index contributed by atoms with van der Waals surface area (Å²) in [6.45, 7) is 4.62. The minimum absolute atomic E-state index is 0.0139. The van der Waals surface area contributed by atoms with Crippen LogP contribution in [0.2, 0.25) is 0 Å². The van der Waals surface area contributed by atoms with E-state index in [0.29, 0.717) is 5.56 Å². The lowest BCUT2D eigenvalue weighted by Gasteiger charge is -2.24. The van der Waals surface area contributed by atoms with Crippen LogP contribution in [0.1, 0.15) is 49.8 Å². The molecule has 0 radical (unpaired) electrons. The molecule has 2 atom stereocenters. The summed E-state index contributed by atoms with van der Waals surface area (Å²) in [5.41, 5.74) is 3.92. The van der Waals surface area contributed by atoms with Gasteiger partial charge in [0.2, 0.25) is 5.91 Å². The minimum Gasteiger partial charge on any atom is -0.460 e. The standard InChI is InChI=1S/C32H35N3O8/c1-32(2,3)43-29(37)17-28(30(38)33-21(18-36)16-20-12-14-22(15-13-20)35(40)41)34-31(39)42-19-27-25-10-6-4-8-23(25)24-9-5-7-11-26(24)27/h4-15,21,27-28,36H,16-19H2,1-3H3,(H,33,38)(H,34,39)/t21-,28+/m1/s1. The number of hydrogen-bond donors (Lipinski definition) is 3. The molecular weight excluding hydrogens is 554 g/mol. The van der Waals surface area contributed by atoms with E-state index in [-0.39, 0.29) is 24.6 Å². The zero-order chi connectivity index (χ0) is 31.1. The Morgan fingerprint density at radius 1 is 0.930 bits per heavy atom. The van der Waals surface area contributed by atoms with E-state index < -0.39 is 53.6 Å². The maximum absolute atomic E-state index is 13.3. The molecule has 0 fully saturated rings. The number of carbonyl (C=O) groups excluding carboxylic acids is 3. The molecule has 11 nitrogen and oxygen atoms in total. The Kier molecular flexibility index (Phi) is 9.77. The van der Waals surface area contributed by atoms with Crippen LogP contribution in [0.15, 0.2) is 72.8 Å². The second kappa shape index (κ2) is 13.5. The number of nitro benzene ring substituents is 1. The number of nitrogens with one attached hydrogen (secondary N) is 2. The fourth-order valence-electron chi connectivity index (χ4n) is 5.04. The van der Waals surface area contributed by atoms with Gasteiger partial charge >= 0.3 is 12.1 Å². The van der Waals surface area contributed by atoms with Crippen LogP contribution in [0.25, 0.3) is 11.1 Å². The molecule has 1 aliphatic carbocycles. The molecule has 0 spiro atoms. The second-order valence-corrected chi connectivity index (χ2v) is 11.3. The number of nitrogens with zero attached hydrogens (tertiary/aromatic N) is 1. The molecule has 0 aliphatic heterocycles. The second-order valence-electron chi connectivity index (χ2n) is 11.3. The Morgan fingerprint density at radius 2 is 1.51 bits per heavy atom. The topological polar surface area (TPSA) is 157 Å². The molecule has 1 aliphatic rings. The average Bonchev–Trinajstić information content (AvgIpc) is 3.28. The highest BCUT2D eigenvalue weighted by Gasteiger charge is 2.32. The molecule has 0 saturated carbocycles. The van der Waals surface area contributed by atoms with E-state index in [1.165, 1.54) is 24.3 Å². The number of esters is 1. The molecule has 0 bridgehead atoms. The molecule has 4 rings (SSSR count). The first-order chi connectivity index (χ1) is 20.4. The van der Waals surface area contributed by atoms with E-state index >= 15 is 0 Å². The lowest BCUT2D eigenvalue weighted by molar-refractivity contribution is -0.384. The first-order valence-corrected chi connectivity index (χ1v) is 13.9. The van der Waals surface area contributed by atoms with Gasteiger partial charge in [-0.2, -0.15) is 0 Å². The summed E-state index contributed by atoms with van der Waals surface area (Å²) in [4.78, 5) is 49.3. The van der Waals surface area contributed by atoms with Gasteiger partial charge in [0.25, 0.3) is 5.69 Å². The molecule has 43 heavy (non-hydrogen) atoms. The summed E-state index contributed by atoms with van der Waals surface area (Å²) < 4.78 is 10.9. The fraction of sp³-hybridized carbons (Fsp3) is 0.344. The van der Waals surface area contributed by atoms with Gasteiger partial charge in [0, 0.05) is 18.1 Å². The van der Waals surface area contributed by atoms with Crippen molar-refractivity contribution in [3.05, 3.63) is 99.6 Å². The van der Waals surface area contributed by atoms with Crippen molar-refractivity contribution in [2.45, 2.75) is 57.2 Å². The van der Waals surface area contributed by atoms with Crippen molar-refractivity contribution in [2.75, 3.05) is 13.2 Å². The van der Waals surface area contributed by atoms with E-state index in [2.05, 4.69) is 10.6 Å². The van der Waals surface area contributed by atoms with E-state index in [4.69, 9.17) is 9.47 Å². The summed E-state index contributed by atoms with van der Waals surface area (Å²) in [7, 11) is 0. The number of hydrogen-bond acceptors (Lipinski definition) is 8. The van der Waals surface area contributed by atoms with Gasteiger partial charge in [-0.3, -0.25) is 19.7 Å². The number of alkyl carbamates (subject to hydrolysis) is 1. The summed E-state index contributed by atoms with van der Waals surface area (Å²) in [5.74, 6) is -1.63. The Balaban J connectivity index is 1.43. The van der Waals surface area contributed by atoms with E-state index in [1.54, 1.807) is 20.8 Å². The lowest BCUT2D eigenvalue weighted by atomic mass is 9.98. The molecular formula is C32H35N3O8. The molecule has 2 amide bonds. The van der Waals surface area contributed by atoms with E-state index in [1.807, 2.05) is 48.5 Å². The molecule has 226 valence electrons. The zero-order valence-electron chi connectivity index (χ0n) is 24.2. The summed E-state index contributed by atoms with van der Waals surface area (Å²) in [5, 5.41) is 26.0. The predicted molar refractivity (Wildman–Crippen MR) is 158 cm³/mol. The number of fused-ring (bicyclic) bond motifs is 3. The first-order valence-electron chi connectivity index (χ1n) is 13.9. The van der Waals surface area contributed by atoms with Gasteiger partial charge in [0.1, 0.15) is 18.2 Å². The van der Waals surface area contributed by atoms with Crippen molar-refractivity contribution < 1.29 is 33.9 Å². The van der Waals surface area contributed by atoms with Crippen LogP contribution in [0.3, 0.4) is 0 Å². The lowest BCUT2D eigenvalue weighted by Crippen LogP contribution is -2.52. The third-order valence-corrected chi connectivity index (χ3v) is 6.94. The number of nitro groups is 1. The average molecular weight is 590 g/mol. The summed E-state index contributed by atoms with van der Waals surface area (Å²) in [6, 6.07) is 19.3. The van der Waals surface area contributed by atoms with E-state index in [0.717, 1.165) is 22.3 Å². The number of ether oxygens (including phenoxy) is 2. The van der Waals surface area contributed by atoms with Crippen LogP contribution in [-0.2, 0) is 25.5 Å². The Hall–Kier alpha value is -4.77. The van der Waals surface area contributed by atoms with Crippen molar-refractivity contribution in [2.24, 2.45) is 0 Å². The van der Waals surface area contributed by atoms with Gasteiger partial charge in [-0.25, -0.2) is 4.79 Å². The number of aliphatic hydroxyl groups excluding tert-OH is 1. The number of aliphatic hydroxyl groups is 1. The molecule has 0 unspecified atom stereocenters. The van der Waals surface area contributed by atoms with Crippen LogP contribution in [-0.4, -0.2) is 58.9 Å². The molecule has 11 heteroatoms. The maximum Gasteiger partial charge on any atom is 0.407 e. The van der Waals surface area contributed by atoms with Crippen LogP contribution in [0.5, 0.6) is 0 Å². The van der Waals surface area contributed by atoms with Gasteiger partial charge in [0.05, 0.1) is 24.0 Å². The highest BCUT2D eigenvalue weighted by atomic mass is 16.6. The fourth-order valence-corrected chi connectivity index (χ4v) is 5.04. The maximum atomic E-state index is 13.3. The van der Waals surface area contributed by atoms with Crippen LogP contribution in [0.4, 0.5) is 10.5 Å². The third-order valence-electron chi connectivity index (χ3n) is 6.94. The molecule has 3 aromatic rings. The van der Waals surface area contributed by atoms with Gasteiger partial charge in [-0.05, 0) is 55.0 Å². The number of non-ortho nitro benzene ring substituents is 1. The molecule has 0 heterocycles. The Bertz CT molecular complexity index is 1440. The van der Waals surface area contributed by atoms with Crippen molar-refractivity contribution in [1.29, 1.82) is 0 Å². The normalized spacial score (nSPS) is 13.7. The van der Waals surface area contributed by atoms with Gasteiger partial charge < -0.3 is 25.2 Å². The third kappa shape index (κ3) is 8.16. The number of rotatable bonds is 11. The number of amides is 2. The highest BCUT2D eigenvalue weighted by molar-refractivity contribution is 5.90. The Morgan fingerprint density at radius 3 is 2.05 bits per heavy atom. The zero-order valence-corrected chi connectivity index (χ0v) is 24.2. The highest BCUT2D eigenvalue weighted by Crippen LogP contribution is 2.44. The predicted octanol–water partition coefficient (Wildman–Crippen LogP) is 4.25. The summed E-state index contributed by atoms with van der Waals surface area (Å²) >= 11 is 0.